The van der Waals surface area contributed by atoms with Crippen LogP contribution in [0.3, 0.4) is 0 Å². The molecule has 4 nitrogen and oxygen atoms in total. The SMILES string of the molecule is CCC(C)N1C[C@H](C(=O)O)C(=O)C=C1C. The van der Waals surface area contributed by atoms with Crippen molar-refractivity contribution in [3.63, 3.8) is 0 Å². The Morgan fingerprint density at radius 3 is 2.80 bits per heavy atom. The zero-order valence-electron chi connectivity index (χ0n) is 9.36. The normalized spacial score (nSPS) is 23.7. The molecule has 0 aromatic rings. The molecule has 0 spiro atoms. The van der Waals surface area contributed by atoms with Crippen molar-refractivity contribution in [1.82, 2.24) is 4.90 Å². The Balaban J connectivity index is 2.90. The van der Waals surface area contributed by atoms with Crippen molar-refractivity contribution in [2.24, 2.45) is 5.92 Å². The van der Waals surface area contributed by atoms with Gasteiger partial charge in [0.1, 0.15) is 5.92 Å². The molecule has 1 aliphatic rings. The number of hydrogen-bond donors (Lipinski definition) is 1. The van der Waals surface area contributed by atoms with Crippen LogP contribution in [0.25, 0.3) is 0 Å². The van der Waals surface area contributed by atoms with Crippen LogP contribution in [-0.4, -0.2) is 34.3 Å². The van der Waals surface area contributed by atoms with E-state index in [1.54, 1.807) is 0 Å². The van der Waals surface area contributed by atoms with Gasteiger partial charge in [-0.15, -0.1) is 0 Å². The second kappa shape index (κ2) is 4.47. The van der Waals surface area contributed by atoms with Crippen molar-refractivity contribution < 1.29 is 14.7 Å². The number of ketones is 1. The molecule has 0 aromatic heterocycles. The highest BCUT2D eigenvalue weighted by Gasteiger charge is 2.32. The van der Waals surface area contributed by atoms with Gasteiger partial charge in [-0.05, 0) is 20.3 Å². The molecule has 1 aliphatic heterocycles. The molecule has 0 saturated heterocycles. The van der Waals surface area contributed by atoms with Gasteiger partial charge in [0.2, 0.25) is 0 Å². The predicted molar refractivity (Wildman–Crippen MR) is 56.3 cm³/mol. The van der Waals surface area contributed by atoms with Crippen molar-refractivity contribution in [3.05, 3.63) is 11.8 Å². The Bertz CT molecular complexity index is 309. The Morgan fingerprint density at radius 1 is 1.73 bits per heavy atom. The molecule has 0 amide bonds. The smallest absolute Gasteiger partial charge is 0.316 e. The van der Waals surface area contributed by atoms with Crippen molar-refractivity contribution in [2.75, 3.05) is 6.54 Å². The van der Waals surface area contributed by atoms with Gasteiger partial charge in [-0.2, -0.15) is 0 Å². The molecule has 0 radical (unpaired) electrons. The van der Waals surface area contributed by atoms with E-state index in [2.05, 4.69) is 0 Å². The molecule has 84 valence electrons. The summed E-state index contributed by atoms with van der Waals surface area (Å²) in [5, 5.41) is 8.89. The first-order valence-corrected chi connectivity index (χ1v) is 5.19. The first-order valence-electron chi connectivity index (χ1n) is 5.19. The molecule has 0 aliphatic carbocycles. The quantitative estimate of drug-likeness (QED) is 0.714. The summed E-state index contributed by atoms with van der Waals surface area (Å²) in [6, 6.07) is 0.274. The molecule has 15 heavy (non-hydrogen) atoms. The number of aliphatic carboxylic acids is 1. The lowest BCUT2D eigenvalue weighted by molar-refractivity contribution is -0.146. The van der Waals surface area contributed by atoms with Gasteiger partial charge in [0, 0.05) is 24.4 Å². The van der Waals surface area contributed by atoms with Crippen LogP contribution in [-0.2, 0) is 9.59 Å². The molecule has 2 atom stereocenters. The van der Waals surface area contributed by atoms with Gasteiger partial charge in [-0.1, -0.05) is 6.92 Å². The summed E-state index contributed by atoms with van der Waals surface area (Å²) < 4.78 is 0. The molecular weight excluding hydrogens is 194 g/mol. The summed E-state index contributed by atoms with van der Waals surface area (Å²) in [6.45, 7) is 6.23. The fourth-order valence-corrected chi connectivity index (χ4v) is 1.77. The van der Waals surface area contributed by atoms with Gasteiger partial charge in [0.15, 0.2) is 5.78 Å². The van der Waals surface area contributed by atoms with Crippen molar-refractivity contribution in [3.8, 4) is 0 Å². The number of carboxylic acids is 1. The third kappa shape index (κ3) is 2.37. The van der Waals surface area contributed by atoms with Crippen molar-refractivity contribution in [1.29, 1.82) is 0 Å². The topological polar surface area (TPSA) is 57.6 Å². The van der Waals surface area contributed by atoms with Crippen molar-refractivity contribution >= 4 is 11.8 Å². The van der Waals surface area contributed by atoms with Gasteiger partial charge in [-0.25, -0.2) is 0 Å². The first kappa shape index (κ1) is 11.8. The summed E-state index contributed by atoms with van der Waals surface area (Å²) in [7, 11) is 0. The molecule has 0 aromatic carbocycles. The lowest BCUT2D eigenvalue weighted by atomic mass is 9.97. The molecule has 0 saturated carbocycles. The molecule has 1 rings (SSSR count). The van der Waals surface area contributed by atoms with Gasteiger partial charge in [-0.3, -0.25) is 9.59 Å². The van der Waals surface area contributed by atoms with E-state index in [1.165, 1.54) is 6.08 Å². The first-order chi connectivity index (χ1) is 6.97. The lowest BCUT2D eigenvalue weighted by Gasteiger charge is -2.35. The second-order valence-electron chi connectivity index (χ2n) is 3.99. The van der Waals surface area contributed by atoms with E-state index in [0.29, 0.717) is 6.54 Å². The van der Waals surface area contributed by atoms with E-state index >= 15 is 0 Å². The van der Waals surface area contributed by atoms with Crippen LogP contribution in [0.5, 0.6) is 0 Å². The number of allylic oxidation sites excluding steroid dienone is 2. The molecule has 1 N–H and O–H groups in total. The van der Waals surface area contributed by atoms with Crippen LogP contribution in [0.4, 0.5) is 0 Å². The fraction of sp³-hybridized carbons (Fsp3) is 0.636. The standard InChI is InChI=1S/C11H17NO3/c1-4-7(2)12-6-9(11(14)15)10(13)5-8(12)3/h5,7,9H,4,6H2,1-3H3,(H,14,15)/t7?,9-/m0/s1. The average molecular weight is 211 g/mol. The third-order valence-electron chi connectivity index (χ3n) is 2.95. The largest absolute Gasteiger partial charge is 0.481 e. The Hall–Kier alpha value is -1.32. The number of nitrogens with zero attached hydrogens (tertiary/aromatic N) is 1. The maximum atomic E-state index is 11.4. The predicted octanol–water partition coefficient (Wildman–Crippen LogP) is 1.27. The summed E-state index contributed by atoms with van der Waals surface area (Å²) >= 11 is 0. The lowest BCUT2D eigenvalue weighted by Crippen LogP contribution is -2.44. The van der Waals surface area contributed by atoms with E-state index in [1.807, 2.05) is 25.7 Å². The number of carbonyl (C=O) groups is 2. The molecule has 4 heteroatoms. The minimum atomic E-state index is -1.03. The zero-order valence-corrected chi connectivity index (χ0v) is 9.36. The fourth-order valence-electron chi connectivity index (χ4n) is 1.77. The number of carboxylic acid groups (broad SMARTS) is 1. The third-order valence-corrected chi connectivity index (χ3v) is 2.95. The molecule has 1 unspecified atom stereocenters. The van der Waals surface area contributed by atoms with E-state index in [0.717, 1.165) is 12.1 Å². The van der Waals surface area contributed by atoms with Crippen LogP contribution in [0.1, 0.15) is 27.2 Å². The van der Waals surface area contributed by atoms with Crippen LogP contribution in [0.15, 0.2) is 11.8 Å². The highest BCUT2D eigenvalue weighted by molar-refractivity contribution is 6.05. The molecule has 0 fully saturated rings. The summed E-state index contributed by atoms with van der Waals surface area (Å²) in [4.78, 5) is 24.3. The zero-order chi connectivity index (χ0) is 11.6. The van der Waals surface area contributed by atoms with Crippen LogP contribution in [0, 0.1) is 5.92 Å². The monoisotopic (exact) mass is 211 g/mol. The molecular formula is C11H17NO3. The van der Waals surface area contributed by atoms with Gasteiger partial charge < -0.3 is 10.0 Å². The number of carbonyl (C=O) groups excluding carboxylic acids is 1. The minimum absolute atomic E-state index is 0.274. The van der Waals surface area contributed by atoms with Gasteiger partial charge in [0.25, 0.3) is 0 Å². The maximum Gasteiger partial charge on any atom is 0.316 e. The van der Waals surface area contributed by atoms with Gasteiger partial charge in [0.05, 0.1) is 0 Å². The van der Waals surface area contributed by atoms with E-state index in [4.69, 9.17) is 5.11 Å². The summed E-state index contributed by atoms with van der Waals surface area (Å²) in [5.74, 6) is -2.22. The van der Waals surface area contributed by atoms with E-state index < -0.39 is 11.9 Å². The van der Waals surface area contributed by atoms with Crippen LogP contribution < -0.4 is 0 Å². The van der Waals surface area contributed by atoms with E-state index in [9.17, 15) is 9.59 Å². The second-order valence-corrected chi connectivity index (χ2v) is 3.99. The van der Waals surface area contributed by atoms with Crippen LogP contribution >= 0.6 is 0 Å². The average Bonchev–Trinajstić information content (AvgIpc) is 2.16. The summed E-state index contributed by atoms with van der Waals surface area (Å²) in [6.07, 6.45) is 2.38. The summed E-state index contributed by atoms with van der Waals surface area (Å²) in [5.41, 5.74) is 0.867. The molecule has 0 bridgehead atoms. The molecule has 1 heterocycles. The number of hydrogen-bond acceptors (Lipinski definition) is 3. The Morgan fingerprint density at radius 2 is 2.33 bits per heavy atom. The van der Waals surface area contributed by atoms with Crippen LogP contribution in [0.2, 0.25) is 0 Å². The van der Waals surface area contributed by atoms with Gasteiger partial charge >= 0.3 is 5.97 Å². The minimum Gasteiger partial charge on any atom is -0.481 e. The highest BCUT2D eigenvalue weighted by Crippen LogP contribution is 2.21. The Kier molecular flexibility index (Phi) is 3.50. The number of rotatable bonds is 3. The maximum absolute atomic E-state index is 11.4. The van der Waals surface area contributed by atoms with Crippen molar-refractivity contribution in [2.45, 2.75) is 33.2 Å². The highest BCUT2D eigenvalue weighted by atomic mass is 16.4. The Labute approximate surface area is 89.6 Å². The van der Waals surface area contributed by atoms with E-state index in [-0.39, 0.29) is 11.8 Å².